The summed E-state index contributed by atoms with van der Waals surface area (Å²) < 4.78 is 28.5. The lowest BCUT2D eigenvalue weighted by Gasteiger charge is -2.31. The molecule has 0 bridgehead atoms. The number of anilines is 2. The highest BCUT2D eigenvalue weighted by molar-refractivity contribution is 5.95. The number of nitrogens with one attached hydrogen (secondary N) is 1. The summed E-state index contributed by atoms with van der Waals surface area (Å²) in [6, 6.07) is 11.0. The van der Waals surface area contributed by atoms with E-state index in [0.29, 0.717) is 43.2 Å². The van der Waals surface area contributed by atoms with E-state index >= 15 is 0 Å². The molecule has 0 unspecified atom stereocenters. The van der Waals surface area contributed by atoms with Crippen LogP contribution in [0.3, 0.4) is 0 Å². The van der Waals surface area contributed by atoms with E-state index in [1.165, 1.54) is 18.5 Å². The van der Waals surface area contributed by atoms with Crippen LogP contribution >= 0.6 is 0 Å². The fourth-order valence-corrected chi connectivity index (χ4v) is 3.61. The van der Waals surface area contributed by atoms with E-state index in [-0.39, 0.29) is 18.4 Å². The molecule has 0 radical (unpaired) electrons. The zero-order valence-electron chi connectivity index (χ0n) is 16.8. The number of benzene rings is 1. The lowest BCUT2D eigenvalue weighted by molar-refractivity contribution is -0.0555. The molecule has 2 aromatic heterocycles. The molecule has 0 amide bonds. The van der Waals surface area contributed by atoms with E-state index in [0.717, 1.165) is 5.56 Å². The molecule has 2 N–H and O–H groups in total. The van der Waals surface area contributed by atoms with Gasteiger partial charge in [0, 0.05) is 50.4 Å². The standard InChI is InChI=1S/C22H23F2N5O2/c23-22(24)7-10-28(11-8-22)12-13-29-15-19(20(27-29)16-4-2-1-3-5-16)26-18-14-25-9-6-17(18)21(30)31/h1-6,9,14-15,26H,7-8,10-13H2,(H,30,31). The summed E-state index contributed by atoms with van der Waals surface area (Å²) in [5, 5.41) is 17.3. The number of hydrogen-bond donors (Lipinski definition) is 2. The van der Waals surface area contributed by atoms with Gasteiger partial charge < -0.3 is 15.3 Å². The highest BCUT2D eigenvalue weighted by Crippen LogP contribution is 2.31. The Kier molecular flexibility index (Phi) is 5.94. The highest BCUT2D eigenvalue weighted by Gasteiger charge is 2.33. The molecule has 1 aromatic carbocycles. The van der Waals surface area contributed by atoms with E-state index < -0.39 is 11.9 Å². The number of hydrogen-bond acceptors (Lipinski definition) is 5. The van der Waals surface area contributed by atoms with Crippen LogP contribution in [-0.2, 0) is 6.54 Å². The number of nitrogens with zero attached hydrogens (tertiary/aromatic N) is 4. The normalized spacial score (nSPS) is 16.2. The monoisotopic (exact) mass is 427 g/mol. The Labute approximate surface area is 178 Å². The molecule has 7 nitrogen and oxygen atoms in total. The molecule has 1 aliphatic rings. The third-order valence-corrected chi connectivity index (χ3v) is 5.36. The quantitative estimate of drug-likeness (QED) is 0.590. The maximum absolute atomic E-state index is 13.4. The molecule has 0 saturated carbocycles. The predicted molar refractivity (Wildman–Crippen MR) is 113 cm³/mol. The van der Waals surface area contributed by atoms with E-state index in [4.69, 9.17) is 0 Å². The SMILES string of the molecule is O=C(O)c1ccncc1Nc1cn(CCN2CCC(F)(F)CC2)nc1-c1ccccc1. The zero-order valence-corrected chi connectivity index (χ0v) is 16.8. The van der Waals surface area contributed by atoms with Crippen LogP contribution in [0.5, 0.6) is 0 Å². The van der Waals surface area contributed by atoms with Crippen molar-refractivity contribution in [2.24, 2.45) is 0 Å². The number of alkyl halides is 2. The number of pyridine rings is 1. The van der Waals surface area contributed by atoms with Crippen LogP contribution in [0.4, 0.5) is 20.2 Å². The molecule has 0 aliphatic carbocycles. The molecule has 1 saturated heterocycles. The first-order valence-corrected chi connectivity index (χ1v) is 10.1. The molecule has 9 heteroatoms. The van der Waals surface area contributed by atoms with Crippen LogP contribution in [0, 0.1) is 0 Å². The van der Waals surface area contributed by atoms with Gasteiger partial charge in [0.1, 0.15) is 5.69 Å². The van der Waals surface area contributed by atoms with Crippen molar-refractivity contribution < 1.29 is 18.7 Å². The number of piperidine rings is 1. The number of carboxylic acid groups (broad SMARTS) is 1. The Morgan fingerprint density at radius 2 is 1.84 bits per heavy atom. The topological polar surface area (TPSA) is 83.3 Å². The Bertz CT molecular complexity index is 1050. The van der Waals surface area contributed by atoms with Gasteiger partial charge in [-0.3, -0.25) is 9.67 Å². The van der Waals surface area contributed by atoms with Crippen molar-refractivity contribution in [3.05, 3.63) is 60.6 Å². The van der Waals surface area contributed by atoms with E-state index in [1.54, 1.807) is 10.9 Å². The van der Waals surface area contributed by atoms with Crippen molar-refractivity contribution in [1.82, 2.24) is 19.7 Å². The van der Waals surface area contributed by atoms with Gasteiger partial charge in [0.25, 0.3) is 5.92 Å². The van der Waals surface area contributed by atoms with Gasteiger partial charge in [-0.05, 0) is 6.07 Å². The number of rotatable bonds is 7. The van der Waals surface area contributed by atoms with Crippen molar-refractivity contribution in [1.29, 1.82) is 0 Å². The van der Waals surface area contributed by atoms with Crippen molar-refractivity contribution in [3.8, 4) is 11.3 Å². The summed E-state index contributed by atoms with van der Waals surface area (Å²) in [7, 11) is 0. The predicted octanol–water partition coefficient (Wildman–Crippen LogP) is 4.12. The second kappa shape index (κ2) is 8.81. The van der Waals surface area contributed by atoms with Gasteiger partial charge in [-0.15, -0.1) is 0 Å². The first-order valence-electron chi connectivity index (χ1n) is 10.1. The largest absolute Gasteiger partial charge is 0.478 e. The number of carboxylic acids is 1. The van der Waals surface area contributed by atoms with Crippen LogP contribution in [0.15, 0.2) is 55.0 Å². The summed E-state index contributed by atoms with van der Waals surface area (Å²) in [6.45, 7) is 1.87. The summed E-state index contributed by atoms with van der Waals surface area (Å²) in [5.74, 6) is -3.62. The van der Waals surface area contributed by atoms with Gasteiger partial charge in [-0.2, -0.15) is 5.10 Å². The summed E-state index contributed by atoms with van der Waals surface area (Å²) in [5.41, 5.74) is 2.67. The molecule has 0 spiro atoms. The molecule has 0 atom stereocenters. The lowest BCUT2D eigenvalue weighted by Crippen LogP contribution is -2.40. The second-order valence-electron chi connectivity index (χ2n) is 7.57. The number of halogens is 2. The molecule has 3 heterocycles. The van der Waals surface area contributed by atoms with Gasteiger partial charge in [-0.25, -0.2) is 13.6 Å². The number of aromatic nitrogens is 3. The van der Waals surface area contributed by atoms with Crippen LogP contribution in [-0.4, -0.2) is 56.3 Å². The van der Waals surface area contributed by atoms with Gasteiger partial charge in [-0.1, -0.05) is 30.3 Å². The van der Waals surface area contributed by atoms with Gasteiger partial charge in [0.2, 0.25) is 0 Å². The Morgan fingerprint density at radius 1 is 1.10 bits per heavy atom. The average molecular weight is 427 g/mol. The van der Waals surface area contributed by atoms with Crippen molar-refractivity contribution in [2.75, 3.05) is 25.0 Å². The van der Waals surface area contributed by atoms with E-state index in [9.17, 15) is 18.7 Å². The van der Waals surface area contributed by atoms with Gasteiger partial charge in [0.15, 0.2) is 0 Å². The minimum absolute atomic E-state index is 0.107. The molecular weight excluding hydrogens is 404 g/mol. The number of carbonyl (C=O) groups is 1. The molecule has 31 heavy (non-hydrogen) atoms. The molecule has 4 rings (SSSR count). The number of aromatic carboxylic acids is 1. The third-order valence-electron chi connectivity index (χ3n) is 5.36. The maximum atomic E-state index is 13.4. The van der Waals surface area contributed by atoms with Crippen LogP contribution < -0.4 is 5.32 Å². The summed E-state index contributed by atoms with van der Waals surface area (Å²) in [6.07, 6.45) is 4.46. The fraction of sp³-hybridized carbons (Fsp3) is 0.318. The number of likely N-dealkylation sites (tertiary alicyclic amines) is 1. The van der Waals surface area contributed by atoms with Crippen LogP contribution in [0.25, 0.3) is 11.3 Å². The van der Waals surface area contributed by atoms with Crippen LogP contribution in [0.1, 0.15) is 23.2 Å². The third kappa shape index (κ3) is 5.05. The Balaban J connectivity index is 1.56. The second-order valence-corrected chi connectivity index (χ2v) is 7.57. The van der Waals surface area contributed by atoms with Gasteiger partial charge in [0.05, 0.1) is 29.7 Å². The van der Waals surface area contributed by atoms with Crippen molar-refractivity contribution >= 4 is 17.3 Å². The Hall–Kier alpha value is -3.33. The van der Waals surface area contributed by atoms with Crippen molar-refractivity contribution in [2.45, 2.75) is 25.3 Å². The fourth-order valence-electron chi connectivity index (χ4n) is 3.61. The molecule has 1 fully saturated rings. The molecule has 162 valence electrons. The summed E-state index contributed by atoms with van der Waals surface area (Å²) in [4.78, 5) is 17.6. The van der Waals surface area contributed by atoms with E-state index in [1.807, 2.05) is 35.2 Å². The minimum atomic E-state index is -2.56. The maximum Gasteiger partial charge on any atom is 0.337 e. The highest BCUT2D eigenvalue weighted by atomic mass is 19.3. The van der Waals surface area contributed by atoms with Crippen LogP contribution in [0.2, 0.25) is 0 Å². The average Bonchev–Trinajstić information content (AvgIpc) is 3.16. The lowest BCUT2D eigenvalue weighted by atomic mass is 10.1. The first-order chi connectivity index (χ1) is 14.9. The minimum Gasteiger partial charge on any atom is -0.478 e. The first kappa shape index (κ1) is 20.9. The summed E-state index contributed by atoms with van der Waals surface area (Å²) >= 11 is 0. The molecule has 3 aromatic rings. The molecule has 1 aliphatic heterocycles. The van der Waals surface area contributed by atoms with Gasteiger partial charge >= 0.3 is 5.97 Å². The van der Waals surface area contributed by atoms with E-state index in [2.05, 4.69) is 15.4 Å². The smallest absolute Gasteiger partial charge is 0.337 e. The zero-order chi connectivity index (χ0) is 21.8. The van der Waals surface area contributed by atoms with Crippen molar-refractivity contribution in [3.63, 3.8) is 0 Å². The molecular formula is C22H23F2N5O2. The Morgan fingerprint density at radius 3 is 2.55 bits per heavy atom.